The third kappa shape index (κ3) is 3.39. The lowest BCUT2D eigenvalue weighted by Gasteiger charge is -2.14. The van der Waals surface area contributed by atoms with Gasteiger partial charge in [0.25, 0.3) is 0 Å². The van der Waals surface area contributed by atoms with Gasteiger partial charge in [-0.25, -0.2) is 0 Å². The Balaban J connectivity index is 2.15. The van der Waals surface area contributed by atoms with Gasteiger partial charge in [0.2, 0.25) is 5.91 Å². The first-order chi connectivity index (χ1) is 9.49. The number of aryl methyl sites for hydroxylation is 1. The number of benzene rings is 2. The molecule has 5 heteroatoms. The normalized spacial score (nSPS) is 12.0. The molecule has 0 fully saturated rings. The molecule has 0 heterocycles. The molecule has 2 rings (SSSR count). The number of carbonyl (C=O) groups excluding carboxylic acids is 1. The van der Waals surface area contributed by atoms with Crippen molar-refractivity contribution in [2.75, 3.05) is 5.32 Å². The van der Waals surface area contributed by atoms with E-state index in [0.717, 1.165) is 11.1 Å². The molecule has 0 radical (unpaired) electrons. The lowest BCUT2D eigenvalue weighted by atomic mass is 10.1. The highest BCUT2D eigenvalue weighted by molar-refractivity contribution is 9.10. The van der Waals surface area contributed by atoms with Gasteiger partial charge < -0.3 is 11.1 Å². The minimum atomic E-state index is -0.721. The fraction of sp³-hybridized carbons (Fsp3) is 0.133. The lowest BCUT2D eigenvalue weighted by molar-refractivity contribution is -0.117. The van der Waals surface area contributed by atoms with Crippen molar-refractivity contribution in [3.8, 4) is 0 Å². The smallest absolute Gasteiger partial charge is 0.245 e. The monoisotopic (exact) mass is 352 g/mol. The summed E-state index contributed by atoms with van der Waals surface area (Å²) in [5.74, 6) is -0.281. The second-order valence-corrected chi connectivity index (χ2v) is 5.68. The van der Waals surface area contributed by atoms with Crippen LogP contribution in [0.1, 0.15) is 17.2 Å². The Hall–Kier alpha value is -1.36. The first-order valence-corrected chi connectivity index (χ1v) is 7.23. The molecule has 104 valence electrons. The Morgan fingerprint density at radius 1 is 1.25 bits per heavy atom. The molecule has 0 aliphatic rings. The molecule has 2 aromatic rings. The van der Waals surface area contributed by atoms with Crippen LogP contribution < -0.4 is 11.1 Å². The van der Waals surface area contributed by atoms with Gasteiger partial charge >= 0.3 is 0 Å². The van der Waals surface area contributed by atoms with E-state index in [4.69, 9.17) is 17.3 Å². The van der Waals surface area contributed by atoms with Crippen molar-refractivity contribution in [1.29, 1.82) is 0 Å². The minimum Gasteiger partial charge on any atom is -0.323 e. The highest BCUT2D eigenvalue weighted by Gasteiger charge is 2.17. The number of halogens is 2. The predicted octanol–water partition coefficient (Wildman–Crippen LogP) is 4.05. The van der Waals surface area contributed by atoms with Crippen LogP contribution in [0.4, 0.5) is 5.69 Å². The Labute approximate surface area is 131 Å². The van der Waals surface area contributed by atoms with Crippen molar-refractivity contribution in [3.05, 3.63) is 63.1 Å². The van der Waals surface area contributed by atoms with Crippen molar-refractivity contribution in [1.82, 2.24) is 0 Å². The molecule has 1 atom stereocenters. The molecule has 0 spiro atoms. The molecule has 1 unspecified atom stereocenters. The second-order valence-electron chi connectivity index (χ2n) is 4.48. The lowest BCUT2D eigenvalue weighted by Crippen LogP contribution is -2.27. The van der Waals surface area contributed by atoms with E-state index < -0.39 is 6.04 Å². The quantitative estimate of drug-likeness (QED) is 0.874. The van der Waals surface area contributed by atoms with Gasteiger partial charge in [0.05, 0.1) is 15.2 Å². The fourth-order valence-electron chi connectivity index (χ4n) is 1.74. The Bertz CT molecular complexity index is 628. The van der Waals surface area contributed by atoms with E-state index in [0.29, 0.717) is 15.2 Å². The third-order valence-electron chi connectivity index (χ3n) is 2.93. The average molecular weight is 354 g/mol. The van der Waals surface area contributed by atoms with Crippen molar-refractivity contribution in [3.63, 3.8) is 0 Å². The van der Waals surface area contributed by atoms with Crippen LogP contribution in [-0.2, 0) is 4.79 Å². The molecule has 0 aromatic heterocycles. The number of rotatable bonds is 3. The maximum Gasteiger partial charge on any atom is 0.245 e. The summed E-state index contributed by atoms with van der Waals surface area (Å²) in [7, 11) is 0. The van der Waals surface area contributed by atoms with E-state index in [1.54, 1.807) is 18.2 Å². The van der Waals surface area contributed by atoms with E-state index in [1.165, 1.54) is 0 Å². The second kappa shape index (κ2) is 6.39. The summed E-state index contributed by atoms with van der Waals surface area (Å²) in [6, 6.07) is 12.1. The molecule has 20 heavy (non-hydrogen) atoms. The number of amides is 1. The Kier molecular flexibility index (Phi) is 4.81. The van der Waals surface area contributed by atoms with Crippen LogP contribution in [-0.4, -0.2) is 5.91 Å². The first kappa shape index (κ1) is 15.0. The highest BCUT2D eigenvalue weighted by Crippen LogP contribution is 2.30. The van der Waals surface area contributed by atoms with Crippen LogP contribution >= 0.6 is 27.5 Å². The van der Waals surface area contributed by atoms with Gasteiger partial charge in [-0.2, -0.15) is 0 Å². The maximum absolute atomic E-state index is 12.2. The van der Waals surface area contributed by atoms with Crippen LogP contribution in [0.25, 0.3) is 0 Å². The van der Waals surface area contributed by atoms with Gasteiger partial charge in [-0.15, -0.1) is 0 Å². The molecule has 0 saturated heterocycles. The minimum absolute atomic E-state index is 0.281. The molecule has 3 nitrogen and oxygen atoms in total. The summed E-state index contributed by atoms with van der Waals surface area (Å²) in [6.07, 6.45) is 0. The topological polar surface area (TPSA) is 55.1 Å². The maximum atomic E-state index is 12.2. The van der Waals surface area contributed by atoms with E-state index in [2.05, 4.69) is 21.2 Å². The van der Waals surface area contributed by atoms with Crippen LogP contribution in [0.2, 0.25) is 5.02 Å². The molecule has 0 aliphatic carbocycles. The van der Waals surface area contributed by atoms with E-state index in [9.17, 15) is 4.79 Å². The van der Waals surface area contributed by atoms with Gasteiger partial charge in [0.15, 0.2) is 0 Å². The van der Waals surface area contributed by atoms with Gasteiger partial charge in [-0.3, -0.25) is 4.79 Å². The van der Waals surface area contributed by atoms with Gasteiger partial charge in [-0.05, 0) is 40.5 Å². The zero-order valence-corrected chi connectivity index (χ0v) is 13.2. The van der Waals surface area contributed by atoms with Crippen molar-refractivity contribution in [2.45, 2.75) is 13.0 Å². The van der Waals surface area contributed by atoms with Crippen LogP contribution in [0.3, 0.4) is 0 Å². The van der Waals surface area contributed by atoms with Gasteiger partial charge in [-0.1, -0.05) is 47.5 Å². The van der Waals surface area contributed by atoms with Gasteiger partial charge in [0, 0.05) is 0 Å². The Morgan fingerprint density at radius 2 is 1.90 bits per heavy atom. The number of nitrogens with one attached hydrogen (secondary N) is 1. The zero-order valence-electron chi connectivity index (χ0n) is 10.9. The van der Waals surface area contributed by atoms with E-state index in [1.807, 2.05) is 31.2 Å². The molecule has 0 bridgehead atoms. The summed E-state index contributed by atoms with van der Waals surface area (Å²) in [5, 5.41) is 3.30. The third-order valence-corrected chi connectivity index (χ3v) is 4.33. The van der Waals surface area contributed by atoms with Crippen LogP contribution in [0, 0.1) is 6.92 Å². The van der Waals surface area contributed by atoms with Crippen LogP contribution in [0.5, 0.6) is 0 Å². The largest absolute Gasteiger partial charge is 0.323 e. The van der Waals surface area contributed by atoms with Gasteiger partial charge in [0.1, 0.15) is 6.04 Å². The summed E-state index contributed by atoms with van der Waals surface area (Å²) >= 11 is 9.32. The molecule has 0 saturated carbocycles. The summed E-state index contributed by atoms with van der Waals surface area (Å²) in [4.78, 5) is 12.2. The molecule has 0 aliphatic heterocycles. The van der Waals surface area contributed by atoms with Crippen LogP contribution in [0.15, 0.2) is 46.9 Å². The molecule has 3 N–H and O–H groups in total. The zero-order chi connectivity index (χ0) is 14.7. The van der Waals surface area contributed by atoms with E-state index in [-0.39, 0.29) is 5.91 Å². The molecular formula is C15H14BrClN2O. The molecule has 2 aromatic carbocycles. The van der Waals surface area contributed by atoms with Crippen molar-refractivity contribution in [2.24, 2.45) is 5.73 Å². The van der Waals surface area contributed by atoms with Crippen molar-refractivity contribution >= 4 is 39.1 Å². The first-order valence-electron chi connectivity index (χ1n) is 6.06. The standard InChI is InChI=1S/C15H14BrClN2O/c1-9-5-7-10(8-6-9)14(18)15(20)19-12-4-2-3-11(17)13(12)16/h2-8,14H,18H2,1H3,(H,19,20). The Morgan fingerprint density at radius 3 is 2.55 bits per heavy atom. The average Bonchev–Trinajstić information content (AvgIpc) is 2.44. The summed E-state index contributed by atoms with van der Waals surface area (Å²) in [5.41, 5.74) is 8.46. The van der Waals surface area contributed by atoms with Crippen molar-refractivity contribution < 1.29 is 4.79 Å². The van der Waals surface area contributed by atoms with E-state index >= 15 is 0 Å². The number of carbonyl (C=O) groups is 1. The number of hydrogen-bond acceptors (Lipinski definition) is 2. The fourth-order valence-corrected chi connectivity index (χ4v) is 2.27. The number of hydrogen-bond donors (Lipinski definition) is 2. The molecular weight excluding hydrogens is 340 g/mol. The predicted molar refractivity (Wildman–Crippen MR) is 85.9 cm³/mol. The summed E-state index contributed by atoms with van der Waals surface area (Å²) in [6.45, 7) is 1.98. The SMILES string of the molecule is Cc1ccc(C(N)C(=O)Nc2cccc(Cl)c2Br)cc1. The highest BCUT2D eigenvalue weighted by atomic mass is 79.9. The number of nitrogens with two attached hydrogens (primary N) is 1. The number of anilines is 1. The molecule has 1 amide bonds. The summed E-state index contributed by atoms with van der Waals surface area (Å²) < 4.78 is 0.645.